The first-order valence-corrected chi connectivity index (χ1v) is 12.1. The van der Waals surface area contributed by atoms with E-state index < -0.39 is 68.3 Å². The van der Waals surface area contributed by atoms with Gasteiger partial charge in [0, 0.05) is 24.3 Å². The Labute approximate surface area is 213 Å². The van der Waals surface area contributed by atoms with Crippen molar-refractivity contribution in [1.29, 1.82) is 0 Å². The van der Waals surface area contributed by atoms with Gasteiger partial charge in [-0.25, -0.2) is 0 Å². The van der Waals surface area contributed by atoms with Crippen LogP contribution in [0.2, 0.25) is 0 Å². The predicted octanol–water partition coefficient (Wildman–Crippen LogP) is -2.99. The van der Waals surface area contributed by atoms with Crippen LogP contribution in [0.3, 0.4) is 0 Å². The molecule has 1 heterocycles. The first-order chi connectivity index (χ1) is 17.1. The molecule has 36 heavy (non-hydrogen) atoms. The summed E-state index contributed by atoms with van der Waals surface area (Å²) >= 11 is 4.07. The van der Waals surface area contributed by atoms with Crippen LogP contribution in [-0.2, 0) is 14.3 Å². The number of ether oxygens (including phenoxy) is 2. The van der Waals surface area contributed by atoms with E-state index in [4.69, 9.17) is 9.47 Å². The van der Waals surface area contributed by atoms with E-state index >= 15 is 0 Å². The van der Waals surface area contributed by atoms with Gasteiger partial charge in [0.25, 0.3) is 0 Å². The van der Waals surface area contributed by atoms with Crippen LogP contribution < -0.4 is 10.6 Å². The molecule has 1 saturated heterocycles. The van der Waals surface area contributed by atoms with Crippen molar-refractivity contribution in [2.75, 3.05) is 36.1 Å². The molecule has 4 unspecified atom stereocenters. The molecule has 9 atom stereocenters. The van der Waals surface area contributed by atoms with Crippen LogP contribution in [-0.4, -0.2) is 127 Å². The Morgan fingerprint density at radius 3 is 2.39 bits per heavy atom. The second kappa shape index (κ2) is 15.0. The summed E-state index contributed by atoms with van der Waals surface area (Å²) in [6.07, 6.45) is -14.1. The molecule has 10 N–H and O–H groups in total. The van der Waals surface area contributed by atoms with Gasteiger partial charge in [-0.2, -0.15) is 12.6 Å². The standard InChI is InChI=1S/C22H36N2O11S/c25-9-14(28)21(35-22-20(33)19(32)18(31)15(10-26)34-22)17(30)13(27)8-23-11-3-1-4-12(7-11)24-16(29)5-2-6-36/h1,3-4,7,13-15,17-23,25-28,30-33,36H,2,5-6,8-10H2,(H,24,29)/t13?,14?,15?,17-,18+,19+,20?,21-,22-/m0/s1. The molecular weight excluding hydrogens is 500 g/mol. The fraction of sp³-hybridized carbons (Fsp3) is 0.682. The van der Waals surface area contributed by atoms with Crippen LogP contribution in [0.15, 0.2) is 24.3 Å². The maximum absolute atomic E-state index is 11.9. The Hall–Kier alpha value is -1.56. The van der Waals surface area contributed by atoms with Crippen molar-refractivity contribution < 1.29 is 55.1 Å². The van der Waals surface area contributed by atoms with E-state index in [9.17, 15) is 45.6 Å². The van der Waals surface area contributed by atoms with Gasteiger partial charge >= 0.3 is 0 Å². The van der Waals surface area contributed by atoms with Crippen molar-refractivity contribution >= 4 is 29.9 Å². The molecule has 206 valence electrons. The lowest BCUT2D eigenvalue weighted by molar-refractivity contribution is -0.326. The Morgan fingerprint density at radius 2 is 1.75 bits per heavy atom. The zero-order valence-electron chi connectivity index (χ0n) is 19.5. The summed E-state index contributed by atoms with van der Waals surface area (Å²) in [7, 11) is 0. The van der Waals surface area contributed by atoms with Gasteiger partial charge in [-0.15, -0.1) is 0 Å². The van der Waals surface area contributed by atoms with Gasteiger partial charge in [0.1, 0.15) is 42.7 Å². The predicted molar refractivity (Wildman–Crippen MR) is 130 cm³/mol. The van der Waals surface area contributed by atoms with E-state index in [0.29, 0.717) is 30.0 Å². The minimum Gasteiger partial charge on any atom is -0.394 e. The van der Waals surface area contributed by atoms with Crippen molar-refractivity contribution in [1.82, 2.24) is 0 Å². The Balaban J connectivity index is 2.02. The molecule has 0 aliphatic carbocycles. The molecule has 2 rings (SSSR count). The van der Waals surface area contributed by atoms with Crippen LogP contribution in [0.1, 0.15) is 12.8 Å². The molecule has 0 spiro atoms. The summed E-state index contributed by atoms with van der Waals surface area (Å²) in [5.41, 5.74) is 1.01. The minimum absolute atomic E-state index is 0.178. The molecule has 1 aromatic carbocycles. The van der Waals surface area contributed by atoms with E-state index in [-0.39, 0.29) is 12.5 Å². The lowest BCUT2D eigenvalue weighted by Crippen LogP contribution is -2.61. The normalized spacial score (nSPS) is 27.6. The third kappa shape index (κ3) is 8.49. The zero-order valence-corrected chi connectivity index (χ0v) is 20.4. The number of carbonyl (C=O) groups is 1. The molecule has 13 nitrogen and oxygen atoms in total. The molecule has 0 bridgehead atoms. The average Bonchev–Trinajstić information content (AvgIpc) is 2.88. The number of aliphatic hydroxyl groups excluding tert-OH is 8. The Bertz CT molecular complexity index is 805. The number of anilines is 2. The quantitative estimate of drug-likeness (QED) is 0.107. The lowest BCUT2D eigenvalue weighted by atomic mass is 9.98. The fourth-order valence-corrected chi connectivity index (χ4v) is 3.73. The highest BCUT2D eigenvalue weighted by Gasteiger charge is 2.46. The fourth-order valence-electron chi connectivity index (χ4n) is 3.57. The summed E-state index contributed by atoms with van der Waals surface area (Å²) in [5, 5.41) is 85.5. The monoisotopic (exact) mass is 536 g/mol. The summed E-state index contributed by atoms with van der Waals surface area (Å²) in [5.74, 6) is 0.407. The van der Waals surface area contributed by atoms with Crippen molar-refractivity contribution in [3.63, 3.8) is 0 Å². The van der Waals surface area contributed by atoms with E-state index in [1.54, 1.807) is 24.3 Å². The average molecular weight is 537 g/mol. The topological polar surface area (TPSA) is 221 Å². The van der Waals surface area contributed by atoms with Crippen LogP contribution in [0.4, 0.5) is 11.4 Å². The van der Waals surface area contributed by atoms with Crippen LogP contribution in [0, 0.1) is 0 Å². The highest BCUT2D eigenvalue weighted by atomic mass is 32.1. The summed E-state index contributed by atoms with van der Waals surface area (Å²) in [6, 6.07) is 6.62. The van der Waals surface area contributed by atoms with Gasteiger partial charge in [-0.3, -0.25) is 4.79 Å². The minimum atomic E-state index is -1.82. The number of thiol groups is 1. The summed E-state index contributed by atoms with van der Waals surface area (Å²) in [4.78, 5) is 11.9. The number of carbonyl (C=O) groups excluding carboxylic acids is 1. The SMILES string of the molecule is O=C(CCCS)Nc1cccc(NCC(O)[C@H](O)[C@@H](O[C@@H]2OC(CO)[C@@H](O)[C@@H](O)C2O)C(O)CO)c1. The first kappa shape index (κ1) is 30.7. The smallest absolute Gasteiger partial charge is 0.224 e. The van der Waals surface area contributed by atoms with E-state index in [0.717, 1.165) is 0 Å². The molecule has 14 heteroatoms. The molecule has 1 fully saturated rings. The summed E-state index contributed by atoms with van der Waals surface area (Å²) < 4.78 is 10.6. The maximum Gasteiger partial charge on any atom is 0.224 e. The van der Waals surface area contributed by atoms with Gasteiger partial charge in [-0.05, 0) is 30.4 Å². The third-order valence-corrected chi connectivity index (χ3v) is 5.98. The van der Waals surface area contributed by atoms with Crippen molar-refractivity contribution in [3.8, 4) is 0 Å². The third-order valence-electron chi connectivity index (χ3n) is 5.66. The van der Waals surface area contributed by atoms with Gasteiger partial charge in [0.2, 0.25) is 5.91 Å². The molecule has 1 aliphatic rings. The summed E-state index contributed by atoms with van der Waals surface area (Å²) in [6.45, 7) is -1.85. The zero-order chi connectivity index (χ0) is 26.8. The molecule has 0 aromatic heterocycles. The molecule has 1 amide bonds. The lowest BCUT2D eigenvalue weighted by Gasteiger charge is -2.42. The van der Waals surface area contributed by atoms with Gasteiger partial charge in [-0.1, -0.05) is 6.07 Å². The van der Waals surface area contributed by atoms with Gasteiger partial charge < -0.3 is 61.0 Å². The van der Waals surface area contributed by atoms with E-state index in [1.807, 2.05) is 0 Å². The van der Waals surface area contributed by atoms with E-state index in [2.05, 4.69) is 23.3 Å². The molecule has 0 saturated carbocycles. The Kier molecular flexibility index (Phi) is 12.8. The number of aliphatic hydroxyl groups is 8. The second-order valence-corrected chi connectivity index (χ2v) is 8.89. The number of nitrogens with one attached hydrogen (secondary N) is 2. The molecule has 1 aliphatic heterocycles. The molecular formula is C22H36N2O11S. The van der Waals surface area contributed by atoms with Crippen molar-refractivity contribution in [3.05, 3.63) is 24.3 Å². The van der Waals surface area contributed by atoms with E-state index in [1.165, 1.54) is 0 Å². The number of hydrogen-bond acceptors (Lipinski definition) is 13. The van der Waals surface area contributed by atoms with Crippen LogP contribution >= 0.6 is 12.6 Å². The van der Waals surface area contributed by atoms with Crippen molar-refractivity contribution in [2.24, 2.45) is 0 Å². The maximum atomic E-state index is 11.9. The highest BCUT2D eigenvalue weighted by Crippen LogP contribution is 2.25. The number of benzene rings is 1. The number of hydrogen-bond donors (Lipinski definition) is 11. The molecule has 0 radical (unpaired) electrons. The Morgan fingerprint density at radius 1 is 1.06 bits per heavy atom. The van der Waals surface area contributed by atoms with Crippen LogP contribution in [0.25, 0.3) is 0 Å². The van der Waals surface area contributed by atoms with Gasteiger partial charge in [0.05, 0.1) is 19.3 Å². The largest absolute Gasteiger partial charge is 0.394 e. The first-order valence-electron chi connectivity index (χ1n) is 11.5. The number of rotatable bonds is 14. The number of amides is 1. The van der Waals surface area contributed by atoms with Gasteiger partial charge in [0.15, 0.2) is 6.29 Å². The van der Waals surface area contributed by atoms with Crippen LogP contribution in [0.5, 0.6) is 0 Å². The van der Waals surface area contributed by atoms with Crippen molar-refractivity contribution in [2.45, 2.75) is 68.0 Å². The highest BCUT2D eigenvalue weighted by molar-refractivity contribution is 7.80. The second-order valence-electron chi connectivity index (χ2n) is 8.44. The molecule has 1 aromatic rings.